The van der Waals surface area contributed by atoms with Gasteiger partial charge in [0.25, 0.3) is 0 Å². The Morgan fingerprint density at radius 2 is 2.13 bits per heavy atom. The second-order valence-corrected chi connectivity index (χ2v) is 5.00. The summed E-state index contributed by atoms with van der Waals surface area (Å²) in [6, 6.07) is 0. The summed E-state index contributed by atoms with van der Waals surface area (Å²) < 4.78 is 0. The molecule has 1 atom stereocenters. The molecular formula is C12H22N2O. The van der Waals surface area contributed by atoms with E-state index in [-0.39, 0.29) is 5.91 Å². The molecule has 1 heterocycles. The average molecular weight is 210 g/mol. The maximum atomic E-state index is 11.5. The topological polar surface area (TPSA) is 41.1 Å². The highest BCUT2D eigenvalue weighted by Gasteiger charge is 2.22. The van der Waals surface area contributed by atoms with Gasteiger partial charge in [-0.15, -0.1) is 0 Å². The van der Waals surface area contributed by atoms with Crippen LogP contribution in [-0.4, -0.2) is 25.5 Å². The van der Waals surface area contributed by atoms with Crippen molar-refractivity contribution in [1.29, 1.82) is 0 Å². The Balaban J connectivity index is 1.53. The molecule has 0 spiro atoms. The highest BCUT2D eigenvalue weighted by Crippen LogP contribution is 2.33. The second-order valence-electron chi connectivity index (χ2n) is 5.00. The van der Waals surface area contributed by atoms with Gasteiger partial charge >= 0.3 is 0 Å². The summed E-state index contributed by atoms with van der Waals surface area (Å²) in [4.78, 5) is 11.5. The minimum Gasteiger partial charge on any atom is -0.356 e. The van der Waals surface area contributed by atoms with Crippen LogP contribution < -0.4 is 10.6 Å². The molecule has 2 rings (SSSR count). The van der Waals surface area contributed by atoms with Crippen molar-refractivity contribution in [3.8, 4) is 0 Å². The van der Waals surface area contributed by atoms with Crippen molar-refractivity contribution >= 4 is 5.91 Å². The maximum Gasteiger partial charge on any atom is 0.220 e. The van der Waals surface area contributed by atoms with E-state index in [1.54, 1.807) is 0 Å². The molecule has 1 unspecified atom stereocenters. The Bertz CT molecular complexity index is 208. The number of carbonyl (C=O) groups is 1. The summed E-state index contributed by atoms with van der Waals surface area (Å²) in [5.41, 5.74) is 0. The Hall–Kier alpha value is -0.570. The molecule has 1 amide bonds. The third-order valence-electron chi connectivity index (χ3n) is 3.46. The van der Waals surface area contributed by atoms with Crippen LogP contribution in [0.2, 0.25) is 0 Å². The van der Waals surface area contributed by atoms with Crippen LogP contribution in [0.4, 0.5) is 0 Å². The highest BCUT2D eigenvalue weighted by molar-refractivity contribution is 5.75. The molecule has 3 nitrogen and oxygen atoms in total. The number of carbonyl (C=O) groups excluding carboxylic acids is 1. The van der Waals surface area contributed by atoms with E-state index >= 15 is 0 Å². The lowest BCUT2D eigenvalue weighted by atomic mass is 10.00. The summed E-state index contributed by atoms with van der Waals surface area (Å²) in [5.74, 6) is 1.78. The van der Waals surface area contributed by atoms with Crippen LogP contribution in [-0.2, 0) is 4.79 Å². The molecule has 0 radical (unpaired) electrons. The fourth-order valence-corrected chi connectivity index (χ4v) is 2.19. The van der Waals surface area contributed by atoms with Gasteiger partial charge in [-0.25, -0.2) is 0 Å². The summed E-state index contributed by atoms with van der Waals surface area (Å²) >= 11 is 0. The Kier molecular flexibility index (Phi) is 4.01. The first-order valence-electron chi connectivity index (χ1n) is 6.32. The molecule has 1 saturated carbocycles. The van der Waals surface area contributed by atoms with Crippen molar-refractivity contribution in [1.82, 2.24) is 10.6 Å². The first kappa shape index (κ1) is 10.9. The lowest BCUT2D eigenvalue weighted by Crippen LogP contribution is -2.38. The average Bonchev–Trinajstić information content (AvgIpc) is 3.09. The van der Waals surface area contributed by atoms with Crippen molar-refractivity contribution in [3.63, 3.8) is 0 Å². The van der Waals surface area contributed by atoms with Crippen molar-refractivity contribution in [2.45, 2.75) is 38.5 Å². The van der Waals surface area contributed by atoms with Crippen LogP contribution in [0, 0.1) is 11.8 Å². The number of piperidine rings is 1. The third kappa shape index (κ3) is 4.20. The van der Waals surface area contributed by atoms with E-state index in [0.717, 1.165) is 38.4 Å². The van der Waals surface area contributed by atoms with E-state index in [1.165, 1.54) is 25.7 Å². The minimum absolute atomic E-state index is 0.257. The molecule has 1 aliphatic carbocycles. The molecule has 2 aliphatic rings. The zero-order valence-electron chi connectivity index (χ0n) is 9.43. The first-order valence-corrected chi connectivity index (χ1v) is 6.32. The van der Waals surface area contributed by atoms with E-state index in [1.807, 2.05) is 0 Å². The number of rotatable bonds is 5. The Morgan fingerprint density at radius 1 is 1.27 bits per heavy atom. The monoisotopic (exact) mass is 210 g/mol. The number of hydrogen-bond acceptors (Lipinski definition) is 2. The van der Waals surface area contributed by atoms with E-state index in [4.69, 9.17) is 0 Å². The summed E-state index contributed by atoms with van der Waals surface area (Å²) in [6.07, 6.45) is 7.05. The van der Waals surface area contributed by atoms with Crippen LogP contribution in [0.3, 0.4) is 0 Å². The van der Waals surface area contributed by atoms with Crippen molar-refractivity contribution < 1.29 is 4.79 Å². The van der Waals surface area contributed by atoms with Gasteiger partial charge in [-0.2, -0.15) is 0 Å². The lowest BCUT2D eigenvalue weighted by Gasteiger charge is -2.22. The molecule has 0 bridgehead atoms. The van der Waals surface area contributed by atoms with Gasteiger partial charge in [0.1, 0.15) is 0 Å². The molecule has 3 heteroatoms. The zero-order valence-corrected chi connectivity index (χ0v) is 9.43. The largest absolute Gasteiger partial charge is 0.356 e. The van der Waals surface area contributed by atoms with E-state index < -0.39 is 0 Å². The van der Waals surface area contributed by atoms with Gasteiger partial charge in [0, 0.05) is 13.0 Å². The maximum absolute atomic E-state index is 11.5. The smallest absolute Gasteiger partial charge is 0.220 e. The van der Waals surface area contributed by atoms with Crippen LogP contribution in [0.15, 0.2) is 0 Å². The normalized spacial score (nSPS) is 26.3. The molecular weight excluding hydrogens is 188 g/mol. The second kappa shape index (κ2) is 5.50. The summed E-state index contributed by atoms with van der Waals surface area (Å²) in [7, 11) is 0. The van der Waals surface area contributed by atoms with Crippen molar-refractivity contribution in [2.75, 3.05) is 19.6 Å². The SMILES string of the molecule is O=C(CCC1CC1)NCC1CCCNC1. The van der Waals surface area contributed by atoms with E-state index in [9.17, 15) is 4.79 Å². The number of nitrogens with one attached hydrogen (secondary N) is 2. The minimum atomic E-state index is 0.257. The van der Waals surface area contributed by atoms with Crippen LogP contribution in [0.1, 0.15) is 38.5 Å². The third-order valence-corrected chi connectivity index (χ3v) is 3.46. The van der Waals surface area contributed by atoms with Gasteiger partial charge in [-0.3, -0.25) is 4.79 Å². The molecule has 2 N–H and O–H groups in total. The number of amides is 1. The molecule has 86 valence electrons. The molecule has 15 heavy (non-hydrogen) atoms. The number of hydrogen-bond donors (Lipinski definition) is 2. The van der Waals surface area contributed by atoms with Crippen LogP contribution in [0.25, 0.3) is 0 Å². The Labute approximate surface area is 92.0 Å². The fraction of sp³-hybridized carbons (Fsp3) is 0.917. The zero-order chi connectivity index (χ0) is 10.5. The Morgan fingerprint density at radius 3 is 2.80 bits per heavy atom. The van der Waals surface area contributed by atoms with Gasteiger partial charge in [-0.1, -0.05) is 12.8 Å². The standard InChI is InChI=1S/C12H22N2O/c15-12(6-5-10-3-4-10)14-9-11-2-1-7-13-8-11/h10-11,13H,1-9H2,(H,14,15). The predicted octanol–water partition coefficient (Wildman–Crippen LogP) is 1.29. The molecule has 0 aromatic heterocycles. The summed E-state index contributed by atoms with van der Waals surface area (Å²) in [5, 5.41) is 6.42. The van der Waals surface area contributed by atoms with Crippen LogP contribution >= 0.6 is 0 Å². The summed E-state index contributed by atoms with van der Waals surface area (Å²) in [6.45, 7) is 3.09. The van der Waals surface area contributed by atoms with Crippen molar-refractivity contribution in [2.24, 2.45) is 11.8 Å². The predicted molar refractivity (Wildman–Crippen MR) is 60.6 cm³/mol. The van der Waals surface area contributed by atoms with Gasteiger partial charge < -0.3 is 10.6 Å². The lowest BCUT2D eigenvalue weighted by molar-refractivity contribution is -0.121. The first-order chi connectivity index (χ1) is 7.34. The quantitative estimate of drug-likeness (QED) is 0.718. The molecule has 1 saturated heterocycles. The highest BCUT2D eigenvalue weighted by atomic mass is 16.1. The van der Waals surface area contributed by atoms with E-state index in [0.29, 0.717) is 5.92 Å². The van der Waals surface area contributed by atoms with Crippen molar-refractivity contribution in [3.05, 3.63) is 0 Å². The van der Waals surface area contributed by atoms with Gasteiger partial charge in [0.15, 0.2) is 0 Å². The van der Waals surface area contributed by atoms with Gasteiger partial charge in [0.05, 0.1) is 0 Å². The van der Waals surface area contributed by atoms with Gasteiger partial charge in [-0.05, 0) is 44.2 Å². The molecule has 2 fully saturated rings. The van der Waals surface area contributed by atoms with Crippen LogP contribution in [0.5, 0.6) is 0 Å². The van der Waals surface area contributed by atoms with Gasteiger partial charge in [0.2, 0.25) is 5.91 Å². The molecule has 0 aromatic carbocycles. The van der Waals surface area contributed by atoms with E-state index in [2.05, 4.69) is 10.6 Å². The fourth-order valence-electron chi connectivity index (χ4n) is 2.19. The molecule has 0 aromatic rings. The molecule has 1 aliphatic heterocycles.